The maximum atomic E-state index is 5.76. The van der Waals surface area contributed by atoms with E-state index in [0.29, 0.717) is 0 Å². The summed E-state index contributed by atoms with van der Waals surface area (Å²) in [6, 6.07) is 16.0. The molecule has 3 rings (SSSR count). The van der Waals surface area contributed by atoms with Gasteiger partial charge in [-0.15, -0.1) is 12.6 Å². The standard InChI is InChI=1S/C11H14N2.C7H9NO2S/c1-8(12)6-9-7-13-11-5-3-2-4-10(9)11;1-9-10-8-6-3-2-4-7(11)5-6/h2-5,7-8,13H,6,12H2,1H3;2-5,8,11H,1H3/p+1. The lowest BCUT2D eigenvalue weighted by Gasteiger charge is -2.02. The van der Waals surface area contributed by atoms with Gasteiger partial charge in [-0.2, -0.15) is 5.48 Å². The highest BCUT2D eigenvalue weighted by molar-refractivity contribution is 7.80. The minimum Gasteiger partial charge on any atom is -0.361 e. The van der Waals surface area contributed by atoms with Crippen molar-refractivity contribution in [3.63, 3.8) is 0 Å². The second-order valence-corrected chi connectivity index (χ2v) is 5.98. The quantitative estimate of drug-likeness (QED) is 0.247. The molecule has 0 aliphatic carbocycles. The SMILES string of the molecule is CC(N)Cc1c[nH]c2ccccc12.C[OH+]ONc1cccc(S)c1. The topological polar surface area (TPSA) is 75.9 Å². The number of hydrogen-bond acceptors (Lipinski definition) is 4. The van der Waals surface area contributed by atoms with Crippen molar-refractivity contribution in [3.8, 4) is 0 Å². The van der Waals surface area contributed by atoms with Crippen molar-refractivity contribution >= 4 is 29.2 Å². The van der Waals surface area contributed by atoms with E-state index in [2.05, 4.69) is 51.2 Å². The van der Waals surface area contributed by atoms with Crippen LogP contribution in [0.1, 0.15) is 12.5 Å². The molecule has 0 bridgehead atoms. The molecule has 3 aromatic rings. The third-order valence-corrected chi connectivity index (χ3v) is 3.60. The number of aliphatic hydroxyl groups is 1. The fourth-order valence-electron chi connectivity index (χ4n) is 2.32. The predicted molar refractivity (Wildman–Crippen MR) is 102 cm³/mol. The average molecular weight is 346 g/mol. The van der Waals surface area contributed by atoms with E-state index in [4.69, 9.17) is 5.73 Å². The van der Waals surface area contributed by atoms with Gasteiger partial charge in [-0.05, 0) is 43.2 Å². The average Bonchev–Trinajstić information content (AvgIpc) is 2.96. The maximum Gasteiger partial charge on any atom is 0.177 e. The summed E-state index contributed by atoms with van der Waals surface area (Å²) in [5, 5.41) is 1.29. The molecule has 0 saturated heterocycles. The Balaban J connectivity index is 0.000000177. The van der Waals surface area contributed by atoms with Gasteiger partial charge in [-0.3, -0.25) is 0 Å². The minimum absolute atomic E-state index is 0.221. The van der Waals surface area contributed by atoms with Crippen LogP contribution in [-0.2, 0) is 11.4 Å². The van der Waals surface area contributed by atoms with Crippen molar-refractivity contribution in [2.24, 2.45) is 5.73 Å². The number of fused-ring (bicyclic) bond motifs is 1. The third-order valence-electron chi connectivity index (χ3n) is 3.32. The van der Waals surface area contributed by atoms with E-state index in [-0.39, 0.29) is 6.04 Å². The van der Waals surface area contributed by atoms with Gasteiger partial charge in [-0.25, -0.2) is 4.89 Å². The predicted octanol–water partition coefficient (Wildman–Crippen LogP) is 3.45. The van der Waals surface area contributed by atoms with Crippen LogP contribution in [0.15, 0.2) is 59.6 Å². The van der Waals surface area contributed by atoms with Gasteiger partial charge in [-0.1, -0.05) is 24.3 Å². The van der Waals surface area contributed by atoms with Crippen molar-refractivity contribution in [2.75, 3.05) is 12.6 Å². The number of nitrogens with two attached hydrogens (primary N) is 1. The van der Waals surface area contributed by atoms with E-state index < -0.39 is 0 Å². The van der Waals surface area contributed by atoms with Gasteiger partial charge in [0, 0.05) is 33.0 Å². The summed E-state index contributed by atoms with van der Waals surface area (Å²) in [7, 11) is 1.55. The Morgan fingerprint density at radius 3 is 2.75 bits per heavy atom. The van der Waals surface area contributed by atoms with Crippen LogP contribution < -0.4 is 11.2 Å². The lowest BCUT2D eigenvalue weighted by Crippen LogP contribution is -2.17. The van der Waals surface area contributed by atoms with E-state index in [1.165, 1.54) is 16.5 Å². The van der Waals surface area contributed by atoms with Crippen molar-refractivity contribution in [2.45, 2.75) is 24.3 Å². The second-order valence-electron chi connectivity index (χ2n) is 5.47. The maximum absolute atomic E-state index is 5.76. The first kappa shape index (κ1) is 18.4. The van der Waals surface area contributed by atoms with Crippen LogP contribution >= 0.6 is 12.6 Å². The summed E-state index contributed by atoms with van der Waals surface area (Å²) in [5.41, 5.74) is 11.7. The molecule has 5 N–H and O–H groups in total. The third kappa shape index (κ3) is 5.58. The lowest BCUT2D eigenvalue weighted by atomic mass is 10.1. The van der Waals surface area contributed by atoms with Crippen LogP contribution in [0.2, 0.25) is 0 Å². The molecular formula is C18H24N3O2S+. The fourth-order valence-corrected chi connectivity index (χ4v) is 2.54. The molecule has 0 aliphatic heterocycles. The zero-order valence-corrected chi connectivity index (χ0v) is 14.8. The Hall–Kier alpha value is -1.99. The van der Waals surface area contributed by atoms with Gasteiger partial charge in [0.25, 0.3) is 0 Å². The number of nitrogens with one attached hydrogen (secondary N) is 2. The highest BCUT2D eigenvalue weighted by Gasteiger charge is 2.04. The number of anilines is 1. The number of H-pyrrole nitrogens is 1. The first-order chi connectivity index (χ1) is 11.6. The van der Waals surface area contributed by atoms with Crippen LogP contribution in [0.4, 0.5) is 5.69 Å². The van der Waals surface area contributed by atoms with Crippen molar-refractivity contribution in [3.05, 3.63) is 60.3 Å². The van der Waals surface area contributed by atoms with E-state index in [1.807, 2.05) is 43.5 Å². The highest BCUT2D eigenvalue weighted by atomic mass is 32.1. The zero-order chi connectivity index (χ0) is 17.4. The van der Waals surface area contributed by atoms with Gasteiger partial charge < -0.3 is 10.7 Å². The Morgan fingerprint density at radius 2 is 2.04 bits per heavy atom. The molecule has 24 heavy (non-hydrogen) atoms. The summed E-state index contributed by atoms with van der Waals surface area (Å²) in [6.45, 7) is 2.03. The largest absolute Gasteiger partial charge is 0.361 e. The normalized spacial score (nSPS) is 11.7. The smallest absolute Gasteiger partial charge is 0.177 e. The van der Waals surface area contributed by atoms with Crippen LogP contribution in [-0.4, -0.2) is 23.0 Å². The Morgan fingerprint density at radius 1 is 1.25 bits per heavy atom. The molecule has 0 aliphatic rings. The van der Waals surface area contributed by atoms with Crippen LogP contribution in [0.5, 0.6) is 0 Å². The van der Waals surface area contributed by atoms with Gasteiger partial charge >= 0.3 is 0 Å². The lowest BCUT2D eigenvalue weighted by molar-refractivity contribution is -0.373. The van der Waals surface area contributed by atoms with Gasteiger partial charge in [0.1, 0.15) is 0 Å². The Kier molecular flexibility index (Phi) is 7.14. The minimum atomic E-state index is 0.221. The molecule has 6 heteroatoms. The molecule has 0 spiro atoms. The first-order valence-electron chi connectivity index (χ1n) is 7.71. The van der Waals surface area contributed by atoms with Crippen LogP contribution in [0.3, 0.4) is 0 Å². The number of para-hydroxylation sites is 1. The molecule has 1 atom stereocenters. The molecule has 1 heterocycles. The molecule has 1 aromatic heterocycles. The summed E-state index contributed by atoms with van der Waals surface area (Å²) >= 11 is 4.15. The first-order valence-corrected chi connectivity index (χ1v) is 8.15. The number of hydrogen-bond donors (Lipinski definition) is 4. The molecule has 1 unspecified atom stereocenters. The second kappa shape index (κ2) is 9.34. The number of aromatic amines is 1. The summed E-state index contributed by atoms with van der Waals surface area (Å²) in [4.78, 5) is 12.2. The van der Waals surface area contributed by atoms with E-state index in [9.17, 15) is 0 Å². The highest BCUT2D eigenvalue weighted by Crippen LogP contribution is 2.18. The van der Waals surface area contributed by atoms with E-state index in [1.54, 1.807) is 7.11 Å². The van der Waals surface area contributed by atoms with Crippen LogP contribution in [0, 0.1) is 0 Å². The molecule has 0 amide bonds. The van der Waals surface area contributed by atoms with Gasteiger partial charge in [0.2, 0.25) is 0 Å². The van der Waals surface area contributed by atoms with Crippen LogP contribution in [0.25, 0.3) is 10.9 Å². The molecule has 0 saturated carbocycles. The Bertz CT molecular complexity index is 759. The van der Waals surface area contributed by atoms with Crippen molar-refractivity contribution in [1.82, 2.24) is 4.98 Å². The molecule has 128 valence electrons. The van der Waals surface area contributed by atoms with Gasteiger partial charge in [0.15, 0.2) is 7.11 Å². The summed E-state index contributed by atoms with van der Waals surface area (Å²) < 4.78 is 0. The number of rotatable bonds is 5. The summed E-state index contributed by atoms with van der Waals surface area (Å²) in [6.07, 6.45) is 2.98. The monoisotopic (exact) mass is 346 g/mol. The molecule has 2 aromatic carbocycles. The zero-order valence-electron chi connectivity index (χ0n) is 13.9. The fraction of sp³-hybridized carbons (Fsp3) is 0.222. The summed E-state index contributed by atoms with van der Waals surface area (Å²) in [5.74, 6) is 0. The molecule has 0 fully saturated rings. The molecule has 0 radical (unpaired) electrons. The van der Waals surface area contributed by atoms with E-state index in [0.717, 1.165) is 17.0 Å². The van der Waals surface area contributed by atoms with E-state index >= 15 is 0 Å². The molecule has 5 nitrogen and oxygen atoms in total. The van der Waals surface area contributed by atoms with Gasteiger partial charge in [0.05, 0.1) is 5.69 Å². The van der Waals surface area contributed by atoms with Crippen molar-refractivity contribution < 1.29 is 9.88 Å². The number of benzene rings is 2. The van der Waals surface area contributed by atoms with Crippen molar-refractivity contribution in [1.29, 1.82) is 0 Å². The Labute approximate surface area is 147 Å². The number of aromatic nitrogens is 1. The molecular weight excluding hydrogens is 322 g/mol. The number of thiol groups is 1.